The van der Waals surface area contributed by atoms with Crippen molar-refractivity contribution in [2.75, 3.05) is 5.73 Å². The van der Waals surface area contributed by atoms with E-state index in [0.29, 0.717) is 27.9 Å². The van der Waals surface area contributed by atoms with Gasteiger partial charge in [-0.1, -0.05) is 30.3 Å². The van der Waals surface area contributed by atoms with Crippen molar-refractivity contribution in [3.63, 3.8) is 0 Å². The fourth-order valence-corrected chi connectivity index (χ4v) is 3.31. The molecule has 8 nitrogen and oxygen atoms in total. The molecule has 8 heteroatoms. The lowest BCUT2D eigenvalue weighted by Gasteiger charge is -2.10. The maximum atomic E-state index is 11.6. The fourth-order valence-electron chi connectivity index (χ4n) is 3.31. The Hall–Kier alpha value is -4.25. The van der Waals surface area contributed by atoms with Crippen LogP contribution in [0.2, 0.25) is 0 Å². The van der Waals surface area contributed by atoms with Crippen LogP contribution in [-0.2, 0) is 0 Å². The number of hydrogen-bond donors (Lipinski definition) is 1. The molecule has 0 aliphatic carbocycles. The van der Waals surface area contributed by atoms with Crippen molar-refractivity contribution >= 4 is 22.5 Å². The largest absolute Gasteiger partial charge is 0.383 e. The molecule has 2 heterocycles. The topological polar surface area (TPSA) is 124 Å². The van der Waals surface area contributed by atoms with E-state index in [9.17, 15) is 15.4 Å². The molecule has 0 fully saturated rings. The highest BCUT2D eigenvalue weighted by Gasteiger charge is 2.26. The van der Waals surface area contributed by atoms with Gasteiger partial charge in [-0.2, -0.15) is 10.4 Å². The van der Waals surface area contributed by atoms with E-state index in [1.54, 1.807) is 29.8 Å². The second-order valence-electron chi connectivity index (χ2n) is 6.16. The summed E-state index contributed by atoms with van der Waals surface area (Å²) in [4.78, 5) is 15.5. The molecule has 2 aromatic carbocycles. The molecular weight excluding hydrogens is 356 g/mol. The van der Waals surface area contributed by atoms with Crippen molar-refractivity contribution in [3.05, 3.63) is 76.0 Å². The van der Waals surface area contributed by atoms with Gasteiger partial charge in [-0.25, -0.2) is 9.67 Å². The Morgan fingerprint density at radius 1 is 1.14 bits per heavy atom. The van der Waals surface area contributed by atoms with Crippen molar-refractivity contribution < 1.29 is 4.92 Å². The van der Waals surface area contributed by atoms with E-state index in [2.05, 4.69) is 10.1 Å². The first-order chi connectivity index (χ1) is 13.5. The number of benzene rings is 2. The van der Waals surface area contributed by atoms with Crippen molar-refractivity contribution in [3.8, 4) is 22.9 Å². The van der Waals surface area contributed by atoms with Gasteiger partial charge < -0.3 is 5.73 Å². The number of nitrogens with zero attached hydrogens (tertiary/aromatic N) is 5. The number of pyridine rings is 1. The molecule has 136 valence electrons. The minimum Gasteiger partial charge on any atom is -0.383 e. The average Bonchev–Trinajstić information content (AvgIpc) is 3.03. The van der Waals surface area contributed by atoms with Gasteiger partial charge in [0.15, 0.2) is 5.65 Å². The van der Waals surface area contributed by atoms with Gasteiger partial charge in [0.25, 0.3) is 5.69 Å². The van der Waals surface area contributed by atoms with Gasteiger partial charge in [-0.15, -0.1) is 0 Å². The van der Waals surface area contributed by atoms with Gasteiger partial charge in [0.05, 0.1) is 27.3 Å². The average molecular weight is 370 g/mol. The molecule has 0 unspecified atom stereocenters. The number of para-hydroxylation sites is 2. The molecule has 0 amide bonds. The molecule has 0 spiro atoms. The highest BCUT2D eigenvalue weighted by atomic mass is 16.6. The number of nitro groups is 1. The van der Waals surface area contributed by atoms with Crippen LogP contribution in [0, 0.1) is 28.4 Å². The van der Waals surface area contributed by atoms with Crippen LogP contribution in [0.3, 0.4) is 0 Å². The predicted molar refractivity (Wildman–Crippen MR) is 105 cm³/mol. The SMILES string of the molecule is Cc1nn(-c2ccccc2)c2nc(N)c(C#N)c(-c3ccccc3[N+](=O)[O-])c12. The standard InChI is InChI=1S/C20H14N6O2/c1-12-17-18(14-9-5-6-10-16(14)26(27)28)15(11-21)19(22)23-20(17)25(24-12)13-7-3-2-4-8-13/h2-10H,1H3,(H2,22,23). The molecule has 0 radical (unpaired) electrons. The summed E-state index contributed by atoms with van der Waals surface area (Å²) in [5.41, 5.74) is 8.53. The van der Waals surface area contributed by atoms with Crippen LogP contribution in [0.1, 0.15) is 11.3 Å². The van der Waals surface area contributed by atoms with E-state index < -0.39 is 4.92 Å². The summed E-state index contributed by atoms with van der Waals surface area (Å²) in [6.07, 6.45) is 0. The Kier molecular flexibility index (Phi) is 3.98. The minimum atomic E-state index is -0.476. The summed E-state index contributed by atoms with van der Waals surface area (Å²) in [7, 11) is 0. The second-order valence-corrected chi connectivity index (χ2v) is 6.16. The Morgan fingerprint density at radius 2 is 1.82 bits per heavy atom. The van der Waals surface area contributed by atoms with Gasteiger partial charge >= 0.3 is 0 Å². The van der Waals surface area contributed by atoms with E-state index in [1.165, 1.54) is 6.07 Å². The van der Waals surface area contributed by atoms with Gasteiger partial charge in [0, 0.05) is 11.6 Å². The molecule has 28 heavy (non-hydrogen) atoms. The van der Waals surface area contributed by atoms with Crippen molar-refractivity contribution in [2.24, 2.45) is 0 Å². The van der Waals surface area contributed by atoms with Crippen molar-refractivity contribution in [2.45, 2.75) is 6.92 Å². The monoisotopic (exact) mass is 370 g/mol. The lowest BCUT2D eigenvalue weighted by atomic mass is 9.95. The maximum Gasteiger partial charge on any atom is 0.277 e. The molecule has 4 aromatic rings. The number of hydrogen-bond acceptors (Lipinski definition) is 6. The van der Waals surface area contributed by atoms with Gasteiger partial charge in [0.1, 0.15) is 17.5 Å². The third-order valence-electron chi connectivity index (χ3n) is 4.50. The quantitative estimate of drug-likeness (QED) is 0.432. The molecule has 0 saturated carbocycles. The van der Waals surface area contributed by atoms with E-state index >= 15 is 0 Å². The highest BCUT2D eigenvalue weighted by Crippen LogP contribution is 2.40. The summed E-state index contributed by atoms with van der Waals surface area (Å²) >= 11 is 0. The molecular formula is C20H14N6O2. The zero-order valence-electron chi connectivity index (χ0n) is 14.8. The van der Waals surface area contributed by atoms with Crippen LogP contribution in [0.25, 0.3) is 27.8 Å². The first-order valence-corrected chi connectivity index (χ1v) is 8.41. The van der Waals surface area contributed by atoms with E-state index in [1.807, 2.05) is 36.4 Å². The summed E-state index contributed by atoms with van der Waals surface area (Å²) < 4.78 is 1.63. The van der Waals surface area contributed by atoms with Gasteiger partial charge in [-0.05, 0) is 25.1 Å². The molecule has 2 N–H and O–H groups in total. The Balaban J connectivity index is 2.17. The lowest BCUT2D eigenvalue weighted by molar-refractivity contribution is -0.384. The van der Waals surface area contributed by atoms with Gasteiger partial charge in [0.2, 0.25) is 0 Å². The zero-order valence-corrected chi connectivity index (χ0v) is 14.8. The van der Waals surface area contributed by atoms with Crippen LogP contribution in [-0.4, -0.2) is 19.7 Å². The van der Waals surface area contributed by atoms with Crippen LogP contribution < -0.4 is 5.73 Å². The third-order valence-corrected chi connectivity index (χ3v) is 4.50. The lowest BCUT2D eigenvalue weighted by Crippen LogP contribution is -2.03. The highest BCUT2D eigenvalue weighted by molar-refractivity contribution is 6.02. The number of aryl methyl sites for hydroxylation is 1. The van der Waals surface area contributed by atoms with Crippen LogP contribution >= 0.6 is 0 Å². The van der Waals surface area contributed by atoms with Gasteiger partial charge in [-0.3, -0.25) is 10.1 Å². The number of aromatic nitrogens is 3. The Labute approximate surface area is 159 Å². The molecule has 0 aliphatic heterocycles. The number of nitrogens with two attached hydrogens (primary N) is 1. The Bertz CT molecular complexity index is 1270. The number of rotatable bonds is 3. The van der Waals surface area contributed by atoms with E-state index in [4.69, 9.17) is 5.73 Å². The van der Waals surface area contributed by atoms with Crippen LogP contribution in [0.5, 0.6) is 0 Å². The van der Waals surface area contributed by atoms with E-state index in [-0.39, 0.29) is 17.1 Å². The normalized spacial score (nSPS) is 10.7. The van der Waals surface area contributed by atoms with Crippen molar-refractivity contribution in [1.82, 2.24) is 14.8 Å². The maximum absolute atomic E-state index is 11.6. The molecule has 0 aliphatic rings. The summed E-state index contributed by atoms with van der Waals surface area (Å²) in [6.45, 7) is 1.78. The third kappa shape index (κ3) is 2.54. The van der Waals surface area contributed by atoms with Crippen molar-refractivity contribution in [1.29, 1.82) is 5.26 Å². The number of nitriles is 1. The second kappa shape index (κ2) is 6.48. The summed E-state index contributed by atoms with van der Waals surface area (Å²) in [5, 5.41) is 26.4. The molecule has 0 saturated heterocycles. The molecule has 2 aromatic heterocycles. The number of fused-ring (bicyclic) bond motifs is 1. The smallest absolute Gasteiger partial charge is 0.277 e. The first-order valence-electron chi connectivity index (χ1n) is 8.41. The van der Waals surface area contributed by atoms with Crippen LogP contribution in [0.15, 0.2) is 54.6 Å². The molecule has 0 atom stereocenters. The summed E-state index contributed by atoms with van der Waals surface area (Å²) in [5.74, 6) is 0.000215. The Morgan fingerprint density at radius 3 is 2.50 bits per heavy atom. The molecule has 4 rings (SSSR count). The van der Waals surface area contributed by atoms with Crippen LogP contribution in [0.4, 0.5) is 11.5 Å². The van der Waals surface area contributed by atoms with E-state index in [0.717, 1.165) is 5.69 Å². The number of anilines is 1. The fraction of sp³-hybridized carbons (Fsp3) is 0.0500. The molecule has 0 bridgehead atoms. The zero-order chi connectivity index (χ0) is 19.8. The number of nitrogen functional groups attached to an aromatic ring is 1. The number of nitro benzene ring substituents is 1. The minimum absolute atomic E-state index is 0.000215. The summed E-state index contributed by atoms with van der Waals surface area (Å²) in [6, 6.07) is 17.7. The first kappa shape index (κ1) is 17.2. The predicted octanol–water partition coefficient (Wildman–Crippen LogP) is 3.76.